The van der Waals surface area contributed by atoms with Gasteiger partial charge in [0.05, 0.1) is 61.0 Å². The summed E-state index contributed by atoms with van der Waals surface area (Å²) in [5.74, 6) is -2.14. The van der Waals surface area contributed by atoms with Crippen LogP contribution in [0.3, 0.4) is 0 Å². The lowest BCUT2D eigenvalue weighted by Crippen LogP contribution is -2.45. The standard InChI is InChI=1S/C39H66O10/c1-23-12-15-29(40)19-30-10-9-11-31(48-30)21-36(46-8)26(4)34(41)22-35(42)27(5)39(49-37(43)17-13-23)28(6)38(44)24(2)14-16-32-20-33(45-7)18-25(3)47-32/h9-10,12-13,17,24-36,38-42,44H,11,14-16,18-22H2,1-8H3/b17-13+,23-12+/t24-,25-,26+,27+,28-,29-,30-,31-,32+,33+,34-,35-,36+,38-,39-/m0/s1. The van der Waals surface area contributed by atoms with E-state index in [0.29, 0.717) is 32.1 Å². The van der Waals surface area contributed by atoms with Crippen LogP contribution in [0, 0.1) is 23.7 Å². The van der Waals surface area contributed by atoms with Crippen molar-refractivity contribution in [2.24, 2.45) is 23.7 Å². The molecule has 0 unspecified atom stereocenters. The first kappa shape index (κ1) is 41.8. The van der Waals surface area contributed by atoms with E-state index in [0.717, 1.165) is 24.8 Å². The van der Waals surface area contributed by atoms with E-state index < -0.39 is 48.3 Å². The monoisotopic (exact) mass is 694 g/mol. The highest BCUT2D eigenvalue weighted by molar-refractivity contribution is 5.82. The zero-order valence-electron chi connectivity index (χ0n) is 31.1. The molecule has 282 valence electrons. The van der Waals surface area contributed by atoms with Crippen LogP contribution in [0.4, 0.5) is 0 Å². The number of rotatable bonds is 8. The Morgan fingerprint density at radius 1 is 0.898 bits per heavy atom. The van der Waals surface area contributed by atoms with Gasteiger partial charge in [-0.3, -0.25) is 0 Å². The molecule has 4 N–H and O–H groups in total. The highest BCUT2D eigenvalue weighted by Gasteiger charge is 2.39. The van der Waals surface area contributed by atoms with Crippen LogP contribution in [0.15, 0.2) is 36.0 Å². The van der Waals surface area contributed by atoms with Crippen molar-refractivity contribution in [3.63, 3.8) is 0 Å². The average Bonchev–Trinajstić information content (AvgIpc) is 3.08. The number of esters is 1. The Bertz CT molecular complexity index is 1080. The van der Waals surface area contributed by atoms with Crippen molar-refractivity contribution in [1.29, 1.82) is 0 Å². The number of aliphatic hydroxyl groups excluding tert-OH is 4. The molecule has 15 atom stereocenters. The van der Waals surface area contributed by atoms with Gasteiger partial charge in [0.15, 0.2) is 0 Å². The van der Waals surface area contributed by atoms with E-state index in [9.17, 15) is 25.2 Å². The van der Waals surface area contributed by atoms with Crippen LogP contribution in [-0.4, -0.2) is 108 Å². The van der Waals surface area contributed by atoms with Gasteiger partial charge in [-0.25, -0.2) is 4.79 Å². The first-order valence-corrected chi connectivity index (χ1v) is 18.5. The van der Waals surface area contributed by atoms with Gasteiger partial charge in [-0.2, -0.15) is 0 Å². The Morgan fingerprint density at radius 2 is 1.61 bits per heavy atom. The van der Waals surface area contributed by atoms with Crippen molar-refractivity contribution in [3.05, 3.63) is 36.0 Å². The molecule has 3 aliphatic heterocycles. The van der Waals surface area contributed by atoms with Gasteiger partial charge in [0, 0.05) is 50.9 Å². The van der Waals surface area contributed by atoms with Gasteiger partial charge in [-0.05, 0) is 64.7 Å². The van der Waals surface area contributed by atoms with E-state index in [2.05, 4.69) is 13.0 Å². The number of carbonyl (C=O) groups is 1. The lowest BCUT2D eigenvalue weighted by Gasteiger charge is -2.38. The molecule has 1 saturated heterocycles. The molecule has 0 aromatic rings. The zero-order chi connectivity index (χ0) is 36.2. The molecular formula is C39H66O10. The summed E-state index contributed by atoms with van der Waals surface area (Å²) in [5.41, 5.74) is 0.796. The van der Waals surface area contributed by atoms with E-state index in [1.54, 1.807) is 27.2 Å². The fourth-order valence-corrected chi connectivity index (χ4v) is 7.67. The van der Waals surface area contributed by atoms with Crippen molar-refractivity contribution in [2.45, 2.75) is 166 Å². The summed E-state index contributed by atoms with van der Waals surface area (Å²) in [6, 6.07) is 0. The van der Waals surface area contributed by atoms with Crippen LogP contribution < -0.4 is 0 Å². The van der Waals surface area contributed by atoms with Gasteiger partial charge in [-0.15, -0.1) is 0 Å². The minimum absolute atomic E-state index is 0.0460. The van der Waals surface area contributed by atoms with E-state index in [-0.39, 0.29) is 54.9 Å². The quantitative estimate of drug-likeness (QED) is 0.201. The normalized spacial score (nSPS) is 41.1. The van der Waals surface area contributed by atoms with Gasteiger partial charge in [-0.1, -0.05) is 57.6 Å². The summed E-state index contributed by atoms with van der Waals surface area (Å²) in [7, 11) is 3.35. The maximum Gasteiger partial charge on any atom is 0.331 e. The summed E-state index contributed by atoms with van der Waals surface area (Å²) < 4.78 is 29.9. The molecule has 10 heteroatoms. The van der Waals surface area contributed by atoms with Gasteiger partial charge in [0.25, 0.3) is 0 Å². The maximum atomic E-state index is 13.2. The van der Waals surface area contributed by atoms with Gasteiger partial charge in [0.1, 0.15) is 6.10 Å². The second-order valence-corrected chi connectivity index (χ2v) is 15.2. The summed E-state index contributed by atoms with van der Waals surface area (Å²) >= 11 is 0. The van der Waals surface area contributed by atoms with Crippen LogP contribution >= 0.6 is 0 Å². The second kappa shape index (κ2) is 20.4. The molecule has 10 nitrogen and oxygen atoms in total. The number of carbonyl (C=O) groups excluding carboxylic acids is 1. The predicted octanol–water partition coefficient (Wildman–Crippen LogP) is 5.05. The van der Waals surface area contributed by atoms with Crippen LogP contribution in [-0.2, 0) is 28.5 Å². The number of aliphatic hydroxyl groups is 4. The molecule has 0 radical (unpaired) electrons. The Balaban J connectivity index is 1.80. The molecule has 3 rings (SSSR count). The van der Waals surface area contributed by atoms with Crippen molar-refractivity contribution in [3.8, 4) is 0 Å². The van der Waals surface area contributed by atoms with Crippen LogP contribution in [0.25, 0.3) is 0 Å². The van der Waals surface area contributed by atoms with Gasteiger partial charge < -0.3 is 44.1 Å². The van der Waals surface area contributed by atoms with Crippen LogP contribution in [0.2, 0.25) is 0 Å². The van der Waals surface area contributed by atoms with Crippen molar-refractivity contribution >= 4 is 5.97 Å². The molecule has 0 aromatic carbocycles. The smallest absolute Gasteiger partial charge is 0.331 e. The van der Waals surface area contributed by atoms with Gasteiger partial charge >= 0.3 is 5.97 Å². The highest BCUT2D eigenvalue weighted by atomic mass is 16.5. The number of hydrogen-bond acceptors (Lipinski definition) is 10. The van der Waals surface area contributed by atoms with Crippen molar-refractivity contribution < 1.29 is 48.9 Å². The van der Waals surface area contributed by atoms with E-state index in [1.165, 1.54) is 6.08 Å². The van der Waals surface area contributed by atoms with E-state index in [4.69, 9.17) is 23.7 Å². The molecule has 0 amide bonds. The van der Waals surface area contributed by atoms with E-state index >= 15 is 0 Å². The topological polar surface area (TPSA) is 144 Å². The molecule has 0 aromatic heterocycles. The fourth-order valence-electron chi connectivity index (χ4n) is 7.67. The molecular weight excluding hydrogens is 628 g/mol. The first-order valence-electron chi connectivity index (χ1n) is 18.5. The number of methoxy groups -OCH3 is 2. The minimum atomic E-state index is -1.02. The SMILES string of the molecule is CO[C@H]1C[C@@H](CC[C@H](C)[C@H](O)[C@H](C)[C@H]2OC(=O)/C=C/C(C)=C/C[C@H](O)C[C@@H]3C=CC[C@@H](C[C@@H](OC)[C@H](C)[C@@H](O)C[C@H](O)[C@H]2C)O3)O[C@@H](C)C1. The summed E-state index contributed by atoms with van der Waals surface area (Å²) in [4.78, 5) is 13.2. The van der Waals surface area contributed by atoms with E-state index in [1.807, 2.05) is 39.8 Å². The van der Waals surface area contributed by atoms with Crippen LogP contribution in [0.5, 0.6) is 0 Å². The minimum Gasteiger partial charge on any atom is -0.458 e. The lowest BCUT2D eigenvalue weighted by atomic mass is 9.78. The zero-order valence-corrected chi connectivity index (χ0v) is 31.1. The Kier molecular flexibility index (Phi) is 17.4. The molecule has 3 heterocycles. The third kappa shape index (κ3) is 13.1. The number of ether oxygens (including phenoxy) is 5. The summed E-state index contributed by atoms with van der Waals surface area (Å²) in [6.45, 7) is 11.5. The average molecular weight is 695 g/mol. The molecule has 1 fully saturated rings. The maximum absolute atomic E-state index is 13.2. The van der Waals surface area contributed by atoms with Crippen molar-refractivity contribution in [2.75, 3.05) is 14.2 Å². The molecule has 3 aliphatic rings. The first-order chi connectivity index (χ1) is 23.2. The highest BCUT2D eigenvalue weighted by Crippen LogP contribution is 2.33. The number of cyclic esters (lactones) is 1. The largest absolute Gasteiger partial charge is 0.458 e. The molecule has 0 aliphatic carbocycles. The van der Waals surface area contributed by atoms with Crippen LogP contribution in [0.1, 0.15) is 99.3 Å². The Labute approximate surface area is 294 Å². The summed E-state index contributed by atoms with van der Waals surface area (Å²) in [5, 5.41) is 45.1. The number of hydrogen-bond donors (Lipinski definition) is 4. The molecule has 2 bridgehead atoms. The Hall–Kier alpha value is -1.63. The predicted molar refractivity (Wildman–Crippen MR) is 189 cm³/mol. The van der Waals surface area contributed by atoms with Gasteiger partial charge in [0.2, 0.25) is 0 Å². The molecule has 0 spiro atoms. The summed E-state index contributed by atoms with van der Waals surface area (Å²) in [6.07, 6.45) is 9.69. The third-order valence-corrected chi connectivity index (χ3v) is 11.1. The fraction of sp³-hybridized carbons (Fsp3) is 0.821. The number of fused-ring (bicyclic) bond motifs is 2. The van der Waals surface area contributed by atoms with Crippen molar-refractivity contribution in [1.82, 2.24) is 0 Å². The number of allylic oxidation sites excluding steroid dienone is 2. The lowest BCUT2D eigenvalue weighted by molar-refractivity contribution is -0.157. The second-order valence-electron chi connectivity index (χ2n) is 15.2. The Morgan fingerprint density at radius 3 is 2.31 bits per heavy atom. The third-order valence-electron chi connectivity index (χ3n) is 11.1. The molecule has 0 saturated carbocycles. The molecule has 49 heavy (non-hydrogen) atoms.